The van der Waals surface area contributed by atoms with Crippen LogP contribution in [-0.4, -0.2) is 65.5 Å². The van der Waals surface area contributed by atoms with Crippen LogP contribution in [0.2, 0.25) is 0 Å². The number of fused-ring (bicyclic) bond motifs is 1. The van der Waals surface area contributed by atoms with Gasteiger partial charge >= 0.3 is 0 Å². The molecule has 7 rings (SSSR count). The maximum absolute atomic E-state index is 15.5. The van der Waals surface area contributed by atoms with Crippen molar-refractivity contribution in [1.29, 1.82) is 0 Å². The Bertz CT molecular complexity index is 1580. The summed E-state index contributed by atoms with van der Waals surface area (Å²) in [4.78, 5) is 25.2. The molecular formula is C31H36FN7O2. The number of carbonyl (C=O) groups is 1. The minimum atomic E-state index is -0.693. The first-order valence-electron chi connectivity index (χ1n) is 14.8. The van der Waals surface area contributed by atoms with Gasteiger partial charge in [-0.1, -0.05) is 6.07 Å². The first kappa shape index (κ1) is 26.3. The molecule has 4 heterocycles. The summed E-state index contributed by atoms with van der Waals surface area (Å²) in [7, 11) is 1.75. The predicted octanol–water partition coefficient (Wildman–Crippen LogP) is 5.04. The Morgan fingerprint density at radius 3 is 2.49 bits per heavy atom. The summed E-state index contributed by atoms with van der Waals surface area (Å²) < 4.78 is 19.2. The quantitative estimate of drug-likeness (QED) is 0.345. The summed E-state index contributed by atoms with van der Waals surface area (Å²) in [6.07, 6.45) is 12.3. The number of carbonyl (C=O) groups excluding carboxylic acids is 1. The van der Waals surface area contributed by atoms with E-state index in [1.165, 1.54) is 36.9 Å². The van der Waals surface area contributed by atoms with Crippen molar-refractivity contribution in [3.63, 3.8) is 0 Å². The molecule has 0 radical (unpaired) electrons. The molecule has 9 nitrogen and oxygen atoms in total. The van der Waals surface area contributed by atoms with Crippen molar-refractivity contribution in [2.75, 3.05) is 18.4 Å². The van der Waals surface area contributed by atoms with Gasteiger partial charge in [-0.05, 0) is 94.1 Å². The van der Waals surface area contributed by atoms with Crippen molar-refractivity contribution in [2.45, 2.75) is 75.5 Å². The SMILES string of the molecule is Cn1cc(-c2nccc(C(=O)Nc3nc4cc(C5CCN(C6CC6)CC5)ccc4n3C3CCC(O)CC3)c2F)cn1. The second kappa shape index (κ2) is 10.6. The van der Waals surface area contributed by atoms with Crippen LogP contribution in [0, 0.1) is 5.82 Å². The largest absolute Gasteiger partial charge is 0.393 e. The van der Waals surface area contributed by atoms with Crippen LogP contribution in [0.1, 0.15) is 79.2 Å². The third kappa shape index (κ3) is 5.15. The highest BCUT2D eigenvalue weighted by Gasteiger charge is 2.33. The van der Waals surface area contributed by atoms with Crippen molar-refractivity contribution < 1.29 is 14.3 Å². The average Bonchev–Trinajstić information content (AvgIpc) is 3.65. The normalized spacial score (nSPS) is 22.3. The van der Waals surface area contributed by atoms with Crippen LogP contribution in [0.4, 0.5) is 10.3 Å². The molecule has 1 amide bonds. The molecule has 1 aromatic carbocycles. The fourth-order valence-electron chi connectivity index (χ4n) is 6.71. The number of piperidine rings is 1. The number of nitrogens with one attached hydrogen (secondary N) is 1. The topological polar surface area (TPSA) is 101 Å². The maximum atomic E-state index is 15.5. The molecule has 0 bridgehead atoms. The molecule has 214 valence electrons. The van der Waals surface area contributed by atoms with Crippen LogP contribution in [0.25, 0.3) is 22.3 Å². The molecule has 0 unspecified atom stereocenters. The zero-order valence-corrected chi connectivity index (χ0v) is 23.3. The van der Waals surface area contributed by atoms with E-state index in [4.69, 9.17) is 4.98 Å². The lowest BCUT2D eigenvalue weighted by molar-refractivity contribution is 0.101. The standard InChI is InChI=1S/C31H36FN7O2/c1-37-18-21(17-34-37)29-28(32)25(10-13-33-29)30(41)36-31-35-26-16-20(19-11-14-38(15-12-19)22-3-4-22)2-9-27(26)39(31)23-5-7-24(40)8-6-23/h2,9-10,13,16-19,22-24,40H,3-8,11-12,14-15H2,1H3,(H,35,36,41). The third-order valence-electron chi connectivity index (χ3n) is 9.15. The number of rotatable bonds is 6. The molecule has 3 aromatic heterocycles. The number of hydrogen-bond acceptors (Lipinski definition) is 6. The summed E-state index contributed by atoms with van der Waals surface area (Å²) >= 11 is 0. The van der Waals surface area contributed by atoms with Gasteiger partial charge in [-0.25, -0.2) is 9.37 Å². The van der Waals surface area contributed by atoms with Crippen molar-refractivity contribution in [3.8, 4) is 11.3 Å². The van der Waals surface area contributed by atoms with Gasteiger partial charge in [-0.3, -0.25) is 19.8 Å². The minimum Gasteiger partial charge on any atom is -0.393 e. The van der Waals surface area contributed by atoms with E-state index in [2.05, 4.69) is 43.1 Å². The van der Waals surface area contributed by atoms with Gasteiger partial charge in [0.2, 0.25) is 5.95 Å². The highest BCUT2D eigenvalue weighted by molar-refractivity contribution is 6.05. The summed E-state index contributed by atoms with van der Waals surface area (Å²) in [5, 5.41) is 17.2. The van der Waals surface area contributed by atoms with Crippen molar-refractivity contribution >= 4 is 22.9 Å². The zero-order valence-electron chi connectivity index (χ0n) is 23.3. The number of anilines is 1. The average molecular weight is 558 g/mol. The van der Waals surface area contributed by atoms with E-state index in [-0.39, 0.29) is 23.4 Å². The second-order valence-corrected chi connectivity index (χ2v) is 11.9. The first-order chi connectivity index (χ1) is 19.9. The van der Waals surface area contributed by atoms with Crippen LogP contribution >= 0.6 is 0 Å². The summed E-state index contributed by atoms with van der Waals surface area (Å²) in [5.41, 5.74) is 3.56. The fraction of sp³-hybridized carbons (Fsp3) is 0.484. The Kier molecular flexibility index (Phi) is 6.83. The number of imidazole rings is 1. The van der Waals surface area contributed by atoms with Gasteiger partial charge in [0.1, 0.15) is 5.69 Å². The number of aryl methyl sites for hydroxylation is 1. The lowest BCUT2D eigenvalue weighted by Gasteiger charge is -2.32. The molecule has 0 spiro atoms. The Labute approximate surface area is 238 Å². The Morgan fingerprint density at radius 2 is 1.78 bits per heavy atom. The molecular weight excluding hydrogens is 521 g/mol. The van der Waals surface area contributed by atoms with E-state index in [1.807, 2.05) is 0 Å². The molecule has 1 saturated heterocycles. The van der Waals surface area contributed by atoms with Crippen molar-refractivity contribution in [1.82, 2.24) is 29.2 Å². The van der Waals surface area contributed by atoms with Gasteiger partial charge in [-0.2, -0.15) is 5.10 Å². The van der Waals surface area contributed by atoms with Crippen LogP contribution in [0.3, 0.4) is 0 Å². The number of hydrogen-bond donors (Lipinski definition) is 2. The minimum absolute atomic E-state index is 0.0814. The van der Waals surface area contributed by atoms with E-state index in [9.17, 15) is 9.90 Å². The first-order valence-corrected chi connectivity index (χ1v) is 14.8. The summed E-state index contributed by atoms with van der Waals surface area (Å²) in [5.74, 6) is -0.359. The van der Waals surface area contributed by atoms with Gasteiger partial charge in [0, 0.05) is 37.1 Å². The molecule has 1 aliphatic heterocycles. The number of halogens is 1. The van der Waals surface area contributed by atoms with Gasteiger partial charge < -0.3 is 14.6 Å². The Balaban J connectivity index is 1.20. The number of pyridine rings is 1. The molecule has 41 heavy (non-hydrogen) atoms. The lowest BCUT2D eigenvalue weighted by atomic mass is 9.89. The number of aliphatic hydroxyl groups excluding tert-OH is 1. The summed E-state index contributed by atoms with van der Waals surface area (Å²) in [6, 6.07) is 8.79. The van der Waals surface area contributed by atoms with Gasteiger partial charge in [0.25, 0.3) is 5.91 Å². The van der Waals surface area contributed by atoms with Crippen LogP contribution in [0.5, 0.6) is 0 Å². The number of likely N-dealkylation sites (tertiary alicyclic amines) is 1. The maximum Gasteiger partial charge on any atom is 0.261 e. The molecule has 4 aromatic rings. The highest BCUT2D eigenvalue weighted by Crippen LogP contribution is 2.38. The van der Waals surface area contributed by atoms with E-state index in [1.54, 1.807) is 17.9 Å². The zero-order chi connectivity index (χ0) is 28.1. The van der Waals surface area contributed by atoms with E-state index in [0.717, 1.165) is 55.8 Å². The van der Waals surface area contributed by atoms with Crippen LogP contribution in [-0.2, 0) is 7.05 Å². The Morgan fingerprint density at radius 1 is 1.02 bits per heavy atom. The van der Waals surface area contributed by atoms with Crippen LogP contribution < -0.4 is 5.32 Å². The van der Waals surface area contributed by atoms with E-state index >= 15 is 4.39 Å². The van der Waals surface area contributed by atoms with Crippen LogP contribution in [0.15, 0.2) is 42.9 Å². The molecule has 2 N–H and O–H groups in total. The molecule has 2 aliphatic carbocycles. The molecule has 3 fully saturated rings. The Hall–Kier alpha value is -3.63. The smallest absolute Gasteiger partial charge is 0.261 e. The molecule has 0 atom stereocenters. The third-order valence-corrected chi connectivity index (χ3v) is 9.15. The number of aliphatic hydroxyl groups is 1. The van der Waals surface area contributed by atoms with E-state index < -0.39 is 11.7 Å². The number of amides is 1. The lowest BCUT2D eigenvalue weighted by Crippen LogP contribution is -2.34. The molecule has 2 saturated carbocycles. The predicted molar refractivity (Wildman–Crippen MR) is 154 cm³/mol. The number of nitrogens with zero attached hydrogens (tertiary/aromatic N) is 6. The monoisotopic (exact) mass is 557 g/mol. The summed E-state index contributed by atoms with van der Waals surface area (Å²) in [6.45, 7) is 2.29. The number of aromatic nitrogens is 5. The van der Waals surface area contributed by atoms with Crippen molar-refractivity contribution in [3.05, 3.63) is 59.8 Å². The molecule has 3 aliphatic rings. The van der Waals surface area contributed by atoms with Gasteiger partial charge in [0.05, 0.1) is 28.9 Å². The number of benzene rings is 1. The van der Waals surface area contributed by atoms with Gasteiger partial charge in [-0.15, -0.1) is 0 Å². The molecule has 10 heteroatoms. The van der Waals surface area contributed by atoms with E-state index in [0.29, 0.717) is 30.3 Å². The van der Waals surface area contributed by atoms with Crippen molar-refractivity contribution in [2.24, 2.45) is 7.05 Å². The van der Waals surface area contributed by atoms with Gasteiger partial charge in [0.15, 0.2) is 5.82 Å². The highest BCUT2D eigenvalue weighted by atomic mass is 19.1. The fourth-order valence-corrected chi connectivity index (χ4v) is 6.71. The second-order valence-electron chi connectivity index (χ2n) is 11.9.